The molecule has 1 aromatic rings. The van der Waals surface area contributed by atoms with E-state index >= 15 is 0 Å². The standard InChI is InChI=1S/C15H18BrNO2/c1-9-6-10(2-4-13(9)16)15(19)17-7-11-3-5-14(18)12(11)8-17/h2,4,6,11-12,14,18H,3,5,7-8H2,1H3. The van der Waals surface area contributed by atoms with Gasteiger partial charge in [-0.2, -0.15) is 0 Å². The molecule has 1 aliphatic heterocycles. The molecule has 1 N–H and O–H groups in total. The highest BCUT2D eigenvalue weighted by Gasteiger charge is 2.43. The molecule has 1 saturated carbocycles. The van der Waals surface area contributed by atoms with Crippen LogP contribution in [0.15, 0.2) is 22.7 Å². The number of halogens is 1. The summed E-state index contributed by atoms with van der Waals surface area (Å²) in [6, 6.07) is 5.72. The first-order valence-electron chi connectivity index (χ1n) is 6.80. The number of rotatable bonds is 1. The molecule has 3 atom stereocenters. The fourth-order valence-corrected chi connectivity index (χ4v) is 3.61. The van der Waals surface area contributed by atoms with Crippen molar-refractivity contribution in [3.8, 4) is 0 Å². The van der Waals surface area contributed by atoms with E-state index < -0.39 is 0 Å². The van der Waals surface area contributed by atoms with E-state index in [0.29, 0.717) is 18.4 Å². The van der Waals surface area contributed by atoms with E-state index in [0.717, 1.165) is 35.0 Å². The highest BCUT2D eigenvalue weighted by molar-refractivity contribution is 9.10. The zero-order chi connectivity index (χ0) is 13.6. The van der Waals surface area contributed by atoms with E-state index in [2.05, 4.69) is 15.9 Å². The minimum atomic E-state index is -0.213. The molecule has 102 valence electrons. The van der Waals surface area contributed by atoms with Gasteiger partial charge in [-0.3, -0.25) is 4.79 Å². The summed E-state index contributed by atoms with van der Waals surface area (Å²) in [5, 5.41) is 9.91. The highest BCUT2D eigenvalue weighted by Crippen LogP contribution is 2.38. The van der Waals surface area contributed by atoms with E-state index in [1.165, 1.54) is 0 Å². The van der Waals surface area contributed by atoms with Crippen LogP contribution in [-0.4, -0.2) is 35.1 Å². The van der Waals surface area contributed by atoms with Crippen LogP contribution in [0.3, 0.4) is 0 Å². The van der Waals surface area contributed by atoms with Gasteiger partial charge < -0.3 is 10.0 Å². The minimum Gasteiger partial charge on any atom is -0.393 e. The Balaban J connectivity index is 1.76. The third-order valence-electron chi connectivity index (χ3n) is 4.51. The van der Waals surface area contributed by atoms with Crippen molar-refractivity contribution in [2.45, 2.75) is 25.9 Å². The van der Waals surface area contributed by atoms with Gasteiger partial charge in [0.15, 0.2) is 0 Å². The lowest BCUT2D eigenvalue weighted by atomic mass is 10.00. The lowest BCUT2D eigenvalue weighted by Crippen LogP contribution is -2.31. The summed E-state index contributed by atoms with van der Waals surface area (Å²) in [7, 11) is 0. The molecular formula is C15H18BrNO2. The van der Waals surface area contributed by atoms with Crippen LogP contribution in [0.2, 0.25) is 0 Å². The number of nitrogens with zero attached hydrogens (tertiary/aromatic N) is 1. The number of carbonyl (C=O) groups excluding carboxylic acids is 1. The van der Waals surface area contributed by atoms with E-state index in [1.807, 2.05) is 30.0 Å². The Morgan fingerprint density at radius 2 is 2.16 bits per heavy atom. The zero-order valence-electron chi connectivity index (χ0n) is 11.0. The first kappa shape index (κ1) is 13.1. The number of aryl methyl sites for hydroxylation is 1. The predicted molar refractivity (Wildman–Crippen MR) is 77.0 cm³/mol. The van der Waals surface area contributed by atoms with E-state index in [1.54, 1.807) is 0 Å². The second kappa shape index (κ2) is 4.91. The number of carbonyl (C=O) groups is 1. The second-order valence-corrected chi connectivity index (χ2v) is 6.60. The van der Waals surface area contributed by atoms with Gasteiger partial charge in [-0.1, -0.05) is 15.9 Å². The maximum absolute atomic E-state index is 12.5. The first-order chi connectivity index (χ1) is 9.06. The number of aliphatic hydroxyl groups is 1. The molecule has 1 aliphatic carbocycles. The number of fused-ring (bicyclic) bond motifs is 1. The van der Waals surface area contributed by atoms with Gasteiger partial charge in [-0.15, -0.1) is 0 Å². The largest absolute Gasteiger partial charge is 0.393 e. The monoisotopic (exact) mass is 323 g/mol. The quantitative estimate of drug-likeness (QED) is 0.863. The topological polar surface area (TPSA) is 40.5 Å². The highest BCUT2D eigenvalue weighted by atomic mass is 79.9. The summed E-state index contributed by atoms with van der Waals surface area (Å²) >= 11 is 3.45. The Morgan fingerprint density at radius 3 is 2.84 bits per heavy atom. The maximum Gasteiger partial charge on any atom is 0.253 e. The van der Waals surface area contributed by atoms with Gasteiger partial charge in [0.05, 0.1) is 6.10 Å². The van der Waals surface area contributed by atoms with Gasteiger partial charge in [0.2, 0.25) is 0 Å². The van der Waals surface area contributed by atoms with Crippen LogP contribution >= 0.6 is 15.9 Å². The Kier molecular flexibility index (Phi) is 3.39. The predicted octanol–water partition coefficient (Wildman–Crippen LogP) is 2.60. The van der Waals surface area contributed by atoms with Crippen molar-refractivity contribution in [1.29, 1.82) is 0 Å². The molecule has 3 rings (SSSR count). The summed E-state index contributed by atoms with van der Waals surface area (Å²) in [6.07, 6.45) is 1.73. The van der Waals surface area contributed by atoms with Crippen LogP contribution in [0.1, 0.15) is 28.8 Å². The Labute approximate surface area is 121 Å². The lowest BCUT2D eigenvalue weighted by molar-refractivity contribution is 0.0752. The third kappa shape index (κ3) is 2.32. The van der Waals surface area contributed by atoms with Gasteiger partial charge in [0.25, 0.3) is 5.91 Å². The molecule has 1 saturated heterocycles. The molecule has 1 amide bonds. The van der Waals surface area contributed by atoms with E-state index in [4.69, 9.17) is 0 Å². The number of aliphatic hydroxyl groups excluding tert-OH is 1. The van der Waals surface area contributed by atoms with Crippen molar-refractivity contribution in [3.05, 3.63) is 33.8 Å². The van der Waals surface area contributed by atoms with E-state index in [9.17, 15) is 9.90 Å². The molecule has 1 heterocycles. The normalized spacial score (nSPS) is 29.6. The molecule has 4 heteroatoms. The van der Waals surface area contributed by atoms with Crippen LogP contribution in [0.4, 0.5) is 0 Å². The second-order valence-electron chi connectivity index (χ2n) is 5.74. The van der Waals surface area contributed by atoms with Crippen molar-refractivity contribution in [2.24, 2.45) is 11.8 Å². The van der Waals surface area contributed by atoms with E-state index in [-0.39, 0.29) is 12.0 Å². The lowest BCUT2D eigenvalue weighted by Gasteiger charge is -2.19. The van der Waals surface area contributed by atoms with Gasteiger partial charge in [0, 0.05) is 29.0 Å². The number of benzene rings is 1. The first-order valence-corrected chi connectivity index (χ1v) is 7.59. The molecule has 2 aliphatic rings. The van der Waals surface area contributed by atoms with Crippen LogP contribution in [0, 0.1) is 18.8 Å². The molecule has 1 aromatic carbocycles. The van der Waals surface area contributed by atoms with Crippen molar-refractivity contribution >= 4 is 21.8 Å². The number of amides is 1. The molecule has 0 radical (unpaired) electrons. The van der Waals surface area contributed by atoms with Gasteiger partial charge in [0.1, 0.15) is 0 Å². The fraction of sp³-hybridized carbons (Fsp3) is 0.533. The van der Waals surface area contributed by atoms with Crippen molar-refractivity contribution < 1.29 is 9.90 Å². The van der Waals surface area contributed by atoms with Crippen LogP contribution in [-0.2, 0) is 0 Å². The molecule has 3 nitrogen and oxygen atoms in total. The molecule has 2 fully saturated rings. The van der Waals surface area contributed by atoms with Crippen molar-refractivity contribution in [1.82, 2.24) is 4.90 Å². The Hall–Kier alpha value is -0.870. The summed E-state index contributed by atoms with van der Waals surface area (Å²) in [4.78, 5) is 14.4. The average molecular weight is 324 g/mol. The Morgan fingerprint density at radius 1 is 1.37 bits per heavy atom. The van der Waals surface area contributed by atoms with Gasteiger partial charge in [-0.05, 0) is 49.4 Å². The molecule has 0 aromatic heterocycles. The molecule has 0 spiro atoms. The fourth-order valence-electron chi connectivity index (χ4n) is 3.36. The molecule has 3 unspecified atom stereocenters. The Bertz CT molecular complexity index is 517. The number of hydrogen-bond donors (Lipinski definition) is 1. The summed E-state index contributed by atoms with van der Waals surface area (Å²) < 4.78 is 1.03. The summed E-state index contributed by atoms with van der Waals surface area (Å²) in [6.45, 7) is 3.50. The number of hydrogen-bond acceptors (Lipinski definition) is 2. The van der Waals surface area contributed by atoms with Crippen LogP contribution < -0.4 is 0 Å². The molecular weight excluding hydrogens is 306 g/mol. The zero-order valence-corrected chi connectivity index (χ0v) is 12.6. The van der Waals surface area contributed by atoms with Crippen molar-refractivity contribution in [2.75, 3.05) is 13.1 Å². The van der Waals surface area contributed by atoms with Crippen molar-refractivity contribution in [3.63, 3.8) is 0 Å². The summed E-state index contributed by atoms with van der Waals surface area (Å²) in [5.74, 6) is 0.883. The number of likely N-dealkylation sites (tertiary alicyclic amines) is 1. The minimum absolute atomic E-state index is 0.0946. The smallest absolute Gasteiger partial charge is 0.253 e. The molecule has 19 heavy (non-hydrogen) atoms. The van der Waals surface area contributed by atoms with Gasteiger partial charge in [-0.25, -0.2) is 0 Å². The summed E-state index contributed by atoms with van der Waals surface area (Å²) in [5.41, 5.74) is 1.82. The molecule has 0 bridgehead atoms. The maximum atomic E-state index is 12.5. The average Bonchev–Trinajstić information content (AvgIpc) is 2.95. The SMILES string of the molecule is Cc1cc(C(=O)N2CC3CCC(O)C3C2)ccc1Br. The third-order valence-corrected chi connectivity index (χ3v) is 5.40. The van der Waals surface area contributed by atoms with Crippen LogP contribution in [0.25, 0.3) is 0 Å². The van der Waals surface area contributed by atoms with Gasteiger partial charge >= 0.3 is 0 Å². The van der Waals surface area contributed by atoms with Crippen LogP contribution in [0.5, 0.6) is 0 Å².